The van der Waals surface area contributed by atoms with E-state index in [-0.39, 0.29) is 18.0 Å². The van der Waals surface area contributed by atoms with Crippen LogP contribution in [0.15, 0.2) is 18.3 Å². The van der Waals surface area contributed by atoms with Gasteiger partial charge in [-0.1, -0.05) is 0 Å². The molecule has 1 saturated heterocycles. The molecular formula is C17H24N4O2. The highest BCUT2D eigenvalue weighted by atomic mass is 16.2. The van der Waals surface area contributed by atoms with Gasteiger partial charge in [0.05, 0.1) is 6.04 Å². The maximum Gasteiger partial charge on any atom is 0.322 e. The molecule has 2 fully saturated rings. The summed E-state index contributed by atoms with van der Waals surface area (Å²) in [5.74, 6) is 0.115. The van der Waals surface area contributed by atoms with Crippen LogP contribution in [-0.4, -0.2) is 51.9 Å². The van der Waals surface area contributed by atoms with Crippen molar-refractivity contribution in [2.75, 3.05) is 18.4 Å². The number of pyridine rings is 1. The third kappa shape index (κ3) is 3.81. The maximum absolute atomic E-state index is 12.6. The van der Waals surface area contributed by atoms with Gasteiger partial charge in [0.15, 0.2) is 0 Å². The normalized spacial score (nSPS) is 20.4. The summed E-state index contributed by atoms with van der Waals surface area (Å²) in [5, 5.41) is 2.95. The number of amides is 3. The quantitative estimate of drug-likeness (QED) is 0.927. The molecule has 6 nitrogen and oxygen atoms in total. The van der Waals surface area contributed by atoms with Crippen molar-refractivity contribution in [3.63, 3.8) is 0 Å². The van der Waals surface area contributed by atoms with Gasteiger partial charge in [0, 0.05) is 43.6 Å². The van der Waals surface area contributed by atoms with Crippen LogP contribution >= 0.6 is 0 Å². The number of nitrogens with one attached hydrogen (secondary N) is 1. The number of hydrogen-bond acceptors (Lipinski definition) is 3. The zero-order chi connectivity index (χ0) is 16.4. The Kier molecular flexibility index (Phi) is 4.50. The van der Waals surface area contributed by atoms with Crippen LogP contribution in [0.5, 0.6) is 0 Å². The molecule has 1 unspecified atom stereocenters. The number of carbonyl (C=O) groups excluding carboxylic acids is 2. The highest BCUT2D eigenvalue weighted by molar-refractivity contribution is 5.89. The molecule has 1 saturated carbocycles. The smallest absolute Gasteiger partial charge is 0.322 e. The van der Waals surface area contributed by atoms with E-state index in [1.165, 1.54) is 0 Å². The standard InChI is InChI=1S/C17H24N4O2/c1-12-10-14(7-8-18-12)19-17(23)20-9-3-4-16(20)11-21(13(2)22)15-5-6-15/h7-8,10,15-16H,3-6,9,11H2,1-2H3,(H,18,19,23). The lowest BCUT2D eigenvalue weighted by Crippen LogP contribution is -2.46. The van der Waals surface area contributed by atoms with E-state index in [1.807, 2.05) is 22.8 Å². The van der Waals surface area contributed by atoms with Gasteiger partial charge in [-0.2, -0.15) is 0 Å². The van der Waals surface area contributed by atoms with Gasteiger partial charge < -0.3 is 15.1 Å². The maximum atomic E-state index is 12.6. The fourth-order valence-corrected chi connectivity index (χ4v) is 3.26. The summed E-state index contributed by atoms with van der Waals surface area (Å²) in [7, 11) is 0. The minimum atomic E-state index is -0.0857. The second kappa shape index (κ2) is 6.56. The van der Waals surface area contributed by atoms with Crippen molar-refractivity contribution in [3.8, 4) is 0 Å². The highest BCUT2D eigenvalue weighted by Gasteiger charge is 2.36. The monoisotopic (exact) mass is 316 g/mol. The van der Waals surface area contributed by atoms with E-state index >= 15 is 0 Å². The summed E-state index contributed by atoms with van der Waals surface area (Å²) in [6.45, 7) is 4.92. The molecule has 0 bridgehead atoms. The first-order chi connectivity index (χ1) is 11.0. The Morgan fingerprint density at radius 3 is 2.83 bits per heavy atom. The fourth-order valence-electron chi connectivity index (χ4n) is 3.26. The summed E-state index contributed by atoms with van der Waals surface area (Å²) < 4.78 is 0. The minimum absolute atomic E-state index is 0.0857. The van der Waals surface area contributed by atoms with Crippen molar-refractivity contribution >= 4 is 17.6 Å². The first kappa shape index (κ1) is 15.8. The van der Waals surface area contributed by atoms with Crippen molar-refractivity contribution in [2.45, 2.75) is 51.6 Å². The first-order valence-corrected chi connectivity index (χ1v) is 8.32. The number of anilines is 1. The van der Waals surface area contributed by atoms with E-state index in [9.17, 15) is 9.59 Å². The number of carbonyl (C=O) groups is 2. The molecule has 1 aliphatic heterocycles. The average molecular weight is 316 g/mol. The molecule has 124 valence electrons. The van der Waals surface area contributed by atoms with Crippen LogP contribution in [0.25, 0.3) is 0 Å². The van der Waals surface area contributed by atoms with Gasteiger partial charge >= 0.3 is 6.03 Å². The largest absolute Gasteiger partial charge is 0.338 e. The zero-order valence-corrected chi connectivity index (χ0v) is 13.8. The Balaban J connectivity index is 1.63. The van der Waals surface area contributed by atoms with Crippen molar-refractivity contribution < 1.29 is 9.59 Å². The Morgan fingerprint density at radius 1 is 1.39 bits per heavy atom. The molecule has 6 heteroatoms. The SMILES string of the molecule is CC(=O)N(CC1CCCN1C(=O)Nc1ccnc(C)c1)C1CC1. The molecule has 2 aliphatic rings. The van der Waals surface area contributed by atoms with Gasteiger partial charge in [-0.05, 0) is 44.7 Å². The number of rotatable bonds is 4. The van der Waals surface area contributed by atoms with Crippen LogP contribution in [0.4, 0.5) is 10.5 Å². The van der Waals surface area contributed by atoms with Crippen molar-refractivity contribution in [1.29, 1.82) is 0 Å². The summed E-state index contributed by atoms with van der Waals surface area (Å²) in [4.78, 5) is 32.3. The second-order valence-corrected chi connectivity index (χ2v) is 6.51. The third-order valence-electron chi connectivity index (χ3n) is 4.59. The number of hydrogen-bond donors (Lipinski definition) is 1. The van der Waals surface area contributed by atoms with Crippen molar-refractivity contribution in [2.24, 2.45) is 0 Å². The molecule has 23 heavy (non-hydrogen) atoms. The predicted molar refractivity (Wildman–Crippen MR) is 88.1 cm³/mol. The molecule has 0 radical (unpaired) electrons. The topological polar surface area (TPSA) is 65.5 Å². The van der Waals surface area contributed by atoms with Crippen LogP contribution in [0.1, 0.15) is 38.3 Å². The summed E-state index contributed by atoms with van der Waals surface area (Å²) in [6, 6.07) is 4.07. The molecule has 1 aliphatic carbocycles. The van der Waals surface area contributed by atoms with Crippen LogP contribution in [0.2, 0.25) is 0 Å². The van der Waals surface area contributed by atoms with Crippen LogP contribution in [0, 0.1) is 6.92 Å². The van der Waals surface area contributed by atoms with Gasteiger partial charge in [-0.25, -0.2) is 4.79 Å². The molecule has 0 spiro atoms. The lowest BCUT2D eigenvalue weighted by Gasteiger charge is -2.30. The summed E-state index contributed by atoms with van der Waals surface area (Å²) in [5.41, 5.74) is 1.64. The number of likely N-dealkylation sites (tertiary alicyclic amines) is 1. The lowest BCUT2D eigenvalue weighted by atomic mass is 10.2. The molecule has 1 aromatic rings. The van der Waals surface area contributed by atoms with E-state index < -0.39 is 0 Å². The van der Waals surface area contributed by atoms with E-state index in [1.54, 1.807) is 19.2 Å². The molecule has 1 aromatic heterocycles. The van der Waals surface area contributed by atoms with E-state index in [4.69, 9.17) is 0 Å². The summed E-state index contributed by atoms with van der Waals surface area (Å²) >= 11 is 0. The number of aromatic nitrogens is 1. The molecule has 1 atom stereocenters. The van der Waals surface area contributed by atoms with Crippen LogP contribution in [0.3, 0.4) is 0 Å². The Bertz CT molecular complexity index is 600. The highest BCUT2D eigenvalue weighted by Crippen LogP contribution is 2.29. The van der Waals surface area contributed by atoms with Crippen molar-refractivity contribution in [1.82, 2.24) is 14.8 Å². The molecule has 2 heterocycles. The Morgan fingerprint density at radius 2 is 2.17 bits per heavy atom. The third-order valence-corrected chi connectivity index (χ3v) is 4.59. The van der Waals surface area contributed by atoms with E-state index in [2.05, 4.69) is 10.3 Å². The van der Waals surface area contributed by atoms with E-state index in [0.717, 1.165) is 43.6 Å². The van der Waals surface area contributed by atoms with Gasteiger partial charge in [0.2, 0.25) is 5.91 Å². The predicted octanol–water partition coefficient (Wildman–Crippen LogP) is 2.40. The Hall–Kier alpha value is -2.11. The number of aryl methyl sites for hydroxylation is 1. The second-order valence-electron chi connectivity index (χ2n) is 6.51. The van der Waals surface area contributed by atoms with Gasteiger partial charge in [0.25, 0.3) is 0 Å². The average Bonchev–Trinajstić information content (AvgIpc) is 3.22. The lowest BCUT2D eigenvalue weighted by molar-refractivity contribution is -0.130. The van der Waals surface area contributed by atoms with Gasteiger partial charge in [0.1, 0.15) is 0 Å². The fraction of sp³-hybridized carbons (Fsp3) is 0.588. The van der Waals surface area contributed by atoms with Gasteiger partial charge in [-0.15, -0.1) is 0 Å². The molecular weight excluding hydrogens is 292 g/mol. The van der Waals surface area contributed by atoms with Crippen LogP contribution in [-0.2, 0) is 4.79 Å². The molecule has 1 N–H and O–H groups in total. The van der Waals surface area contributed by atoms with E-state index in [0.29, 0.717) is 12.6 Å². The molecule has 3 amide bonds. The molecule has 0 aromatic carbocycles. The van der Waals surface area contributed by atoms with Crippen molar-refractivity contribution in [3.05, 3.63) is 24.0 Å². The Labute approximate surface area is 136 Å². The van der Waals surface area contributed by atoms with Crippen LogP contribution < -0.4 is 5.32 Å². The number of nitrogens with zero attached hydrogens (tertiary/aromatic N) is 3. The zero-order valence-electron chi connectivity index (χ0n) is 13.8. The number of urea groups is 1. The first-order valence-electron chi connectivity index (χ1n) is 8.32. The summed E-state index contributed by atoms with van der Waals surface area (Å²) in [6.07, 6.45) is 5.82. The minimum Gasteiger partial charge on any atom is -0.338 e. The molecule has 3 rings (SSSR count). The van der Waals surface area contributed by atoms with Gasteiger partial charge in [-0.3, -0.25) is 9.78 Å².